The molecule has 2 aliphatic rings. The third-order valence-corrected chi connectivity index (χ3v) is 7.96. The molecule has 37 heavy (non-hydrogen) atoms. The topological polar surface area (TPSA) is 81.9 Å². The minimum Gasteiger partial charge on any atom is -0.368 e. The minimum absolute atomic E-state index is 0.0165. The average Bonchev–Trinajstić information content (AvgIpc) is 2.91. The first-order valence-corrected chi connectivity index (χ1v) is 13.0. The number of piperazine rings is 2. The lowest BCUT2D eigenvalue weighted by molar-refractivity contribution is -0.383. The van der Waals surface area contributed by atoms with Crippen molar-refractivity contribution in [1.82, 2.24) is 9.97 Å². The van der Waals surface area contributed by atoms with E-state index in [0.29, 0.717) is 37.8 Å². The molecule has 2 fully saturated rings. The van der Waals surface area contributed by atoms with Crippen LogP contribution in [0.2, 0.25) is 0 Å². The molecule has 0 bridgehead atoms. The number of nitro groups is 1. The van der Waals surface area contributed by atoms with Gasteiger partial charge in [0.15, 0.2) is 0 Å². The van der Waals surface area contributed by atoms with Gasteiger partial charge in [-0.2, -0.15) is 0 Å². The van der Waals surface area contributed by atoms with Gasteiger partial charge in [-0.15, -0.1) is 0 Å². The van der Waals surface area contributed by atoms with E-state index in [9.17, 15) is 10.1 Å². The third kappa shape index (κ3) is 4.77. The van der Waals surface area contributed by atoms with Gasteiger partial charge in [-0.1, -0.05) is 24.3 Å². The Labute approximate surface area is 218 Å². The van der Waals surface area contributed by atoms with Crippen molar-refractivity contribution in [3.05, 3.63) is 75.1 Å². The molecule has 194 valence electrons. The summed E-state index contributed by atoms with van der Waals surface area (Å²) in [5.74, 6) is 0.847. The molecule has 0 spiro atoms. The fraction of sp³-hybridized carbons (Fsp3) is 0.429. The molecule has 3 aromatic rings. The van der Waals surface area contributed by atoms with Crippen molar-refractivity contribution in [3.63, 3.8) is 0 Å². The molecule has 0 aliphatic carbocycles. The lowest BCUT2D eigenvalue weighted by atomic mass is 10.1. The molecule has 9 heteroatoms. The summed E-state index contributed by atoms with van der Waals surface area (Å²) in [6.45, 7) is 14.4. The normalized spacial score (nSPS) is 16.3. The number of rotatable bonds is 5. The zero-order chi connectivity index (χ0) is 26.1. The fourth-order valence-electron chi connectivity index (χ4n) is 5.46. The zero-order valence-corrected chi connectivity index (χ0v) is 22.1. The molecule has 0 atom stereocenters. The first kappa shape index (κ1) is 24.8. The van der Waals surface area contributed by atoms with Crippen LogP contribution in [0.5, 0.6) is 0 Å². The van der Waals surface area contributed by atoms with Crippen molar-refractivity contribution in [1.29, 1.82) is 0 Å². The van der Waals surface area contributed by atoms with Gasteiger partial charge in [-0.05, 0) is 62.1 Å². The van der Waals surface area contributed by atoms with Crippen LogP contribution in [-0.4, -0.2) is 67.2 Å². The van der Waals surface area contributed by atoms with Gasteiger partial charge in [0.25, 0.3) is 0 Å². The standard InChI is InChI=1S/C28H35N7O2/c1-20-7-5-9-24(22(20)3)31-11-15-33(16-12-31)27-26(35(36)37)28(30-19-29-27)34-17-13-32(14-18-34)25-10-6-8-21(2)23(25)4/h5-10,19H,11-18H2,1-4H3. The van der Waals surface area contributed by atoms with Crippen molar-refractivity contribution < 1.29 is 4.92 Å². The van der Waals surface area contributed by atoms with Crippen LogP contribution in [-0.2, 0) is 0 Å². The summed E-state index contributed by atoms with van der Waals surface area (Å²) in [5.41, 5.74) is 7.60. The third-order valence-electron chi connectivity index (χ3n) is 7.96. The largest absolute Gasteiger partial charge is 0.368 e. The summed E-state index contributed by atoms with van der Waals surface area (Å²) in [7, 11) is 0. The van der Waals surface area contributed by atoms with E-state index in [1.54, 1.807) is 0 Å². The van der Waals surface area contributed by atoms with Crippen LogP contribution in [0.1, 0.15) is 22.3 Å². The summed E-state index contributed by atoms with van der Waals surface area (Å²) < 4.78 is 0. The smallest absolute Gasteiger partial charge is 0.353 e. The highest BCUT2D eigenvalue weighted by molar-refractivity contribution is 5.72. The van der Waals surface area contributed by atoms with Crippen LogP contribution in [0.4, 0.5) is 28.7 Å². The fourth-order valence-corrected chi connectivity index (χ4v) is 5.46. The van der Waals surface area contributed by atoms with Crippen LogP contribution in [0, 0.1) is 37.8 Å². The highest BCUT2D eigenvalue weighted by atomic mass is 16.6. The van der Waals surface area contributed by atoms with E-state index in [1.165, 1.54) is 40.0 Å². The van der Waals surface area contributed by atoms with Gasteiger partial charge in [0.05, 0.1) is 4.92 Å². The van der Waals surface area contributed by atoms with Crippen LogP contribution in [0.15, 0.2) is 42.7 Å². The van der Waals surface area contributed by atoms with E-state index in [1.807, 2.05) is 9.80 Å². The van der Waals surface area contributed by atoms with Crippen LogP contribution in [0.3, 0.4) is 0 Å². The number of aromatic nitrogens is 2. The van der Waals surface area contributed by atoms with E-state index >= 15 is 0 Å². The lowest BCUT2D eigenvalue weighted by Gasteiger charge is -2.39. The molecule has 0 saturated carbocycles. The van der Waals surface area contributed by atoms with Crippen molar-refractivity contribution in [2.24, 2.45) is 0 Å². The van der Waals surface area contributed by atoms with Gasteiger partial charge in [0.1, 0.15) is 6.33 Å². The second-order valence-corrected chi connectivity index (χ2v) is 10.0. The zero-order valence-electron chi connectivity index (χ0n) is 22.1. The van der Waals surface area contributed by atoms with E-state index in [-0.39, 0.29) is 10.6 Å². The van der Waals surface area contributed by atoms with Crippen molar-refractivity contribution in [2.45, 2.75) is 27.7 Å². The maximum atomic E-state index is 12.3. The Bertz CT molecular complexity index is 1210. The molecule has 2 aliphatic heterocycles. The second kappa shape index (κ2) is 10.2. The Morgan fingerprint density at radius 1 is 0.649 bits per heavy atom. The summed E-state index contributed by atoms with van der Waals surface area (Å²) >= 11 is 0. The Hall–Kier alpha value is -3.88. The van der Waals surface area contributed by atoms with Crippen LogP contribution < -0.4 is 19.6 Å². The average molecular weight is 502 g/mol. The van der Waals surface area contributed by atoms with Crippen molar-refractivity contribution >= 4 is 28.7 Å². The summed E-state index contributed by atoms with van der Waals surface area (Å²) in [4.78, 5) is 29.6. The van der Waals surface area contributed by atoms with E-state index < -0.39 is 0 Å². The number of anilines is 4. The molecule has 0 amide bonds. The lowest BCUT2D eigenvalue weighted by Crippen LogP contribution is -2.48. The quantitative estimate of drug-likeness (QED) is 0.379. The van der Waals surface area contributed by atoms with Crippen LogP contribution in [0.25, 0.3) is 0 Å². The molecule has 0 unspecified atom stereocenters. The van der Waals surface area contributed by atoms with E-state index in [0.717, 1.165) is 26.2 Å². The van der Waals surface area contributed by atoms with E-state index in [2.05, 4.69) is 83.9 Å². The van der Waals surface area contributed by atoms with Gasteiger partial charge in [-0.3, -0.25) is 10.1 Å². The number of hydrogen-bond acceptors (Lipinski definition) is 8. The van der Waals surface area contributed by atoms with Gasteiger partial charge in [0.2, 0.25) is 11.6 Å². The van der Waals surface area contributed by atoms with Gasteiger partial charge in [-0.25, -0.2) is 9.97 Å². The second-order valence-electron chi connectivity index (χ2n) is 10.0. The molecular formula is C28H35N7O2. The predicted octanol–water partition coefficient (Wildman–Crippen LogP) is 4.27. The van der Waals surface area contributed by atoms with Gasteiger partial charge in [0, 0.05) is 63.7 Å². The van der Waals surface area contributed by atoms with Crippen molar-refractivity contribution in [2.75, 3.05) is 72.0 Å². The Kier molecular flexibility index (Phi) is 6.86. The highest BCUT2D eigenvalue weighted by Gasteiger charge is 2.33. The highest BCUT2D eigenvalue weighted by Crippen LogP contribution is 2.36. The van der Waals surface area contributed by atoms with E-state index in [4.69, 9.17) is 0 Å². The molecule has 1 aromatic heterocycles. The first-order chi connectivity index (χ1) is 17.8. The van der Waals surface area contributed by atoms with Crippen molar-refractivity contribution in [3.8, 4) is 0 Å². The van der Waals surface area contributed by atoms with Gasteiger partial charge >= 0.3 is 5.69 Å². The molecule has 0 N–H and O–H groups in total. The first-order valence-electron chi connectivity index (χ1n) is 13.0. The number of benzene rings is 2. The number of hydrogen-bond donors (Lipinski definition) is 0. The molecule has 2 saturated heterocycles. The van der Waals surface area contributed by atoms with Crippen LogP contribution >= 0.6 is 0 Å². The summed E-state index contributed by atoms with van der Waals surface area (Å²) in [5, 5.41) is 12.3. The summed E-state index contributed by atoms with van der Waals surface area (Å²) in [6.07, 6.45) is 1.48. The maximum absolute atomic E-state index is 12.3. The molecule has 5 rings (SSSR count). The SMILES string of the molecule is Cc1cccc(N2CCN(c3ncnc(N4CCN(c5cccc(C)c5C)CC4)c3[N+](=O)[O-])CC2)c1C. The minimum atomic E-state index is -0.307. The summed E-state index contributed by atoms with van der Waals surface area (Å²) in [6, 6.07) is 12.7. The predicted molar refractivity (Wildman–Crippen MR) is 149 cm³/mol. The molecule has 0 radical (unpaired) electrons. The Morgan fingerprint density at radius 3 is 1.41 bits per heavy atom. The molecule has 9 nitrogen and oxygen atoms in total. The number of aryl methyl sites for hydroxylation is 2. The maximum Gasteiger partial charge on any atom is 0.353 e. The molecular weight excluding hydrogens is 466 g/mol. The number of nitrogens with zero attached hydrogens (tertiary/aromatic N) is 7. The molecule has 2 aromatic carbocycles. The van der Waals surface area contributed by atoms with Gasteiger partial charge < -0.3 is 19.6 Å². The Morgan fingerprint density at radius 2 is 1.03 bits per heavy atom. The monoisotopic (exact) mass is 501 g/mol. The molecule has 3 heterocycles. The Balaban J connectivity index is 1.33.